The fraction of sp³-hybridized carbons (Fsp3) is 0.588. The normalized spacial score (nSPS) is 15.8. The first-order valence-electron chi connectivity index (χ1n) is 7.54. The quantitative estimate of drug-likeness (QED) is 0.752. The molecule has 0 heterocycles. The van der Waals surface area contributed by atoms with Crippen molar-refractivity contribution < 1.29 is 9.53 Å². The molecular weight excluding hydrogens is 272 g/mol. The lowest BCUT2D eigenvalue weighted by Crippen LogP contribution is -2.11. The molecule has 2 nitrogen and oxygen atoms in total. The van der Waals surface area contributed by atoms with Gasteiger partial charge in [0.15, 0.2) is 0 Å². The fourth-order valence-corrected chi connectivity index (χ4v) is 3.02. The molecule has 1 aliphatic carbocycles. The van der Waals surface area contributed by atoms with Crippen molar-refractivity contribution in [3.8, 4) is 5.75 Å². The summed E-state index contributed by atoms with van der Waals surface area (Å²) in [6.07, 6.45) is 6.11. The Hall–Kier alpha value is -1.02. The first kappa shape index (κ1) is 15.4. The highest BCUT2D eigenvalue weighted by Gasteiger charge is 2.22. The zero-order valence-corrected chi connectivity index (χ0v) is 13.1. The van der Waals surface area contributed by atoms with Gasteiger partial charge in [0.2, 0.25) is 0 Å². The molecule has 0 radical (unpaired) electrons. The Labute approximate surface area is 126 Å². The number of halogens is 1. The topological polar surface area (TPSA) is 26.3 Å². The van der Waals surface area contributed by atoms with Crippen molar-refractivity contribution in [2.45, 2.75) is 58.5 Å². The summed E-state index contributed by atoms with van der Waals surface area (Å²) in [5, 5.41) is 0.629. The highest BCUT2D eigenvalue weighted by Crippen LogP contribution is 2.29. The molecule has 3 heteroatoms. The molecule has 0 amide bonds. The second kappa shape index (κ2) is 7.12. The monoisotopic (exact) mass is 294 g/mol. The number of aryl methyl sites for hydroxylation is 1. The minimum absolute atomic E-state index is 0.113. The van der Waals surface area contributed by atoms with Crippen LogP contribution < -0.4 is 4.74 Å². The van der Waals surface area contributed by atoms with Crippen molar-refractivity contribution >= 4 is 17.4 Å². The van der Waals surface area contributed by atoms with Crippen LogP contribution in [0.4, 0.5) is 0 Å². The third-order valence-electron chi connectivity index (χ3n) is 3.83. The Kier molecular flexibility index (Phi) is 5.47. The number of rotatable bonds is 6. The predicted octanol–water partition coefficient (Wildman–Crippen LogP) is 4.82. The zero-order chi connectivity index (χ0) is 14.5. The van der Waals surface area contributed by atoms with E-state index in [1.54, 1.807) is 0 Å². The summed E-state index contributed by atoms with van der Waals surface area (Å²) in [5.74, 6) is 1.45. The Morgan fingerprint density at radius 2 is 2.05 bits per heavy atom. The number of ether oxygens (including phenoxy) is 1. The molecule has 1 aromatic carbocycles. The number of benzene rings is 1. The molecule has 0 aromatic heterocycles. The van der Waals surface area contributed by atoms with Gasteiger partial charge in [-0.25, -0.2) is 0 Å². The molecule has 0 N–H and O–H groups in total. The predicted molar refractivity (Wildman–Crippen MR) is 82.5 cm³/mol. The summed E-state index contributed by atoms with van der Waals surface area (Å²) < 4.78 is 5.61. The van der Waals surface area contributed by atoms with Crippen LogP contribution in [-0.2, 0) is 11.2 Å². The summed E-state index contributed by atoms with van der Waals surface area (Å²) >= 11 is 6.21. The van der Waals surface area contributed by atoms with Gasteiger partial charge in [-0.3, -0.25) is 4.79 Å². The molecule has 1 aromatic rings. The molecule has 1 saturated carbocycles. The summed E-state index contributed by atoms with van der Waals surface area (Å²) in [4.78, 5) is 12.1. The Bertz CT molecular complexity index is 462. The molecule has 0 bridgehead atoms. The van der Waals surface area contributed by atoms with Crippen LogP contribution >= 0.6 is 11.6 Å². The number of carbonyl (C=O) groups is 1. The Balaban J connectivity index is 1.89. The van der Waals surface area contributed by atoms with Crippen molar-refractivity contribution in [3.05, 3.63) is 28.8 Å². The van der Waals surface area contributed by atoms with Gasteiger partial charge in [-0.2, -0.15) is 0 Å². The number of Topliss-reactive ketones (excluding diaryl/α,β-unsaturated/α-hetero) is 1. The van der Waals surface area contributed by atoms with Gasteiger partial charge in [-0.15, -0.1) is 0 Å². The average molecular weight is 295 g/mol. The number of hydrogen-bond acceptors (Lipinski definition) is 2. The van der Waals surface area contributed by atoms with Gasteiger partial charge < -0.3 is 4.74 Å². The second-order valence-electron chi connectivity index (χ2n) is 5.88. The lowest BCUT2D eigenvalue weighted by Gasteiger charge is -2.12. The molecule has 2 rings (SSSR count). The van der Waals surface area contributed by atoms with Gasteiger partial charge in [-0.1, -0.05) is 30.5 Å². The van der Waals surface area contributed by atoms with Gasteiger partial charge in [0, 0.05) is 12.3 Å². The smallest absolute Gasteiger partial charge is 0.138 e. The van der Waals surface area contributed by atoms with E-state index in [2.05, 4.69) is 0 Å². The van der Waals surface area contributed by atoms with Crippen LogP contribution in [0.5, 0.6) is 5.75 Å². The summed E-state index contributed by atoms with van der Waals surface area (Å²) in [7, 11) is 0. The van der Waals surface area contributed by atoms with Crippen molar-refractivity contribution in [2.75, 3.05) is 0 Å². The van der Waals surface area contributed by atoms with E-state index in [1.807, 2.05) is 32.0 Å². The van der Waals surface area contributed by atoms with Crippen molar-refractivity contribution in [3.63, 3.8) is 0 Å². The molecular formula is C17H23ClO2. The van der Waals surface area contributed by atoms with Gasteiger partial charge in [0.1, 0.15) is 11.5 Å². The largest absolute Gasteiger partial charge is 0.489 e. The summed E-state index contributed by atoms with van der Waals surface area (Å²) in [6, 6.07) is 5.82. The number of carbonyl (C=O) groups excluding carboxylic acids is 1. The van der Waals surface area contributed by atoms with E-state index in [1.165, 1.54) is 12.8 Å². The standard InChI is InChI=1S/C17H23ClO2/c1-12(2)20-17-10-8-13(11-15(17)18)7-9-16(19)14-5-3-4-6-14/h8,10-12,14H,3-7,9H2,1-2H3. The molecule has 20 heavy (non-hydrogen) atoms. The lowest BCUT2D eigenvalue weighted by molar-refractivity contribution is -0.122. The number of hydrogen-bond donors (Lipinski definition) is 0. The minimum Gasteiger partial charge on any atom is -0.489 e. The van der Waals surface area contributed by atoms with E-state index in [4.69, 9.17) is 16.3 Å². The first-order chi connectivity index (χ1) is 9.56. The van der Waals surface area contributed by atoms with Gasteiger partial charge in [0.25, 0.3) is 0 Å². The third-order valence-corrected chi connectivity index (χ3v) is 4.12. The van der Waals surface area contributed by atoms with Gasteiger partial charge in [-0.05, 0) is 50.8 Å². The van der Waals surface area contributed by atoms with E-state index in [9.17, 15) is 4.79 Å². The van der Waals surface area contributed by atoms with E-state index in [0.29, 0.717) is 28.9 Å². The minimum atomic E-state index is 0.113. The second-order valence-corrected chi connectivity index (χ2v) is 6.29. The van der Waals surface area contributed by atoms with Crippen LogP contribution in [0.15, 0.2) is 18.2 Å². The van der Waals surface area contributed by atoms with E-state index >= 15 is 0 Å². The Morgan fingerprint density at radius 3 is 2.65 bits per heavy atom. The molecule has 1 aliphatic rings. The van der Waals surface area contributed by atoms with E-state index < -0.39 is 0 Å². The highest BCUT2D eigenvalue weighted by atomic mass is 35.5. The van der Waals surface area contributed by atoms with Crippen LogP contribution in [0.25, 0.3) is 0 Å². The molecule has 110 valence electrons. The molecule has 0 aliphatic heterocycles. The van der Waals surface area contributed by atoms with Crippen LogP contribution in [0.3, 0.4) is 0 Å². The van der Waals surface area contributed by atoms with Gasteiger partial charge >= 0.3 is 0 Å². The molecule has 0 unspecified atom stereocenters. The van der Waals surface area contributed by atoms with E-state index in [-0.39, 0.29) is 6.10 Å². The SMILES string of the molecule is CC(C)Oc1ccc(CCC(=O)C2CCCC2)cc1Cl. The average Bonchev–Trinajstić information content (AvgIpc) is 2.92. The van der Waals surface area contributed by atoms with Crippen LogP contribution in [0.2, 0.25) is 5.02 Å². The lowest BCUT2D eigenvalue weighted by atomic mass is 9.97. The molecule has 0 saturated heterocycles. The third kappa shape index (κ3) is 4.24. The van der Waals surface area contributed by atoms with Gasteiger partial charge in [0.05, 0.1) is 11.1 Å². The maximum atomic E-state index is 12.1. The summed E-state index contributed by atoms with van der Waals surface area (Å²) in [5.41, 5.74) is 1.11. The van der Waals surface area contributed by atoms with Crippen LogP contribution in [0.1, 0.15) is 51.5 Å². The fourth-order valence-electron chi connectivity index (χ4n) is 2.77. The van der Waals surface area contributed by atoms with E-state index in [0.717, 1.165) is 24.8 Å². The molecule has 0 spiro atoms. The first-order valence-corrected chi connectivity index (χ1v) is 7.92. The van der Waals surface area contributed by atoms with Crippen LogP contribution in [-0.4, -0.2) is 11.9 Å². The molecule has 1 fully saturated rings. The van der Waals surface area contributed by atoms with Crippen LogP contribution in [0, 0.1) is 5.92 Å². The van der Waals surface area contributed by atoms with Crippen molar-refractivity contribution in [1.29, 1.82) is 0 Å². The highest BCUT2D eigenvalue weighted by molar-refractivity contribution is 6.32. The van der Waals surface area contributed by atoms with Crippen molar-refractivity contribution in [2.24, 2.45) is 5.92 Å². The summed E-state index contributed by atoms with van der Waals surface area (Å²) in [6.45, 7) is 3.95. The Morgan fingerprint density at radius 1 is 1.35 bits per heavy atom. The number of ketones is 1. The zero-order valence-electron chi connectivity index (χ0n) is 12.3. The maximum Gasteiger partial charge on any atom is 0.138 e. The molecule has 0 atom stereocenters. The van der Waals surface area contributed by atoms with Crippen molar-refractivity contribution in [1.82, 2.24) is 0 Å². The maximum absolute atomic E-state index is 12.1.